The van der Waals surface area contributed by atoms with Crippen LogP contribution in [-0.4, -0.2) is 59.2 Å². The van der Waals surface area contributed by atoms with Gasteiger partial charge in [-0.25, -0.2) is 4.79 Å². The van der Waals surface area contributed by atoms with Gasteiger partial charge in [0.05, 0.1) is 30.3 Å². The van der Waals surface area contributed by atoms with Gasteiger partial charge in [0.25, 0.3) is 5.91 Å². The van der Waals surface area contributed by atoms with Crippen LogP contribution in [-0.2, 0) is 14.3 Å². The number of hydrogen-bond donors (Lipinski definition) is 0. The van der Waals surface area contributed by atoms with Crippen LogP contribution in [0.25, 0.3) is 0 Å². The maximum Gasteiger partial charge on any atom is 0.327 e. The molecule has 1 aliphatic rings. The molecule has 3 aromatic rings. The Labute approximate surface area is 230 Å². The van der Waals surface area contributed by atoms with E-state index in [0.29, 0.717) is 5.71 Å². The number of rotatable bonds is 9. The van der Waals surface area contributed by atoms with E-state index in [9.17, 15) is 14.4 Å². The molecular formula is C32H35N3O4. The Kier molecular flexibility index (Phi) is 8.92. The molecule has 202 valence electrons. The standard InChI is InChI=1S/C32H35N3O4/c1-5-39-31(37)22(2)21-27(33-28(24-15-9-6-10-16-24)25-17-11-7-12-18-25)30(36)35-29(23(3)34(4)32(35)38)26-19-13-8-14-20-26/h6-20,22-23,27,29H,5,21H2,1-4H3/t22?,23-,27-,29-/m0/s1. The molecule has 0 N–H and O–H groups in total. The Morgan fingerprint density at radius 2 is 1.41 bits per heavy atom. The van der Waals surface area contributed by atoms with Gasteiger partial charge in [0.2, 0.25) is 0 Å². The number of urea groups is 1. The third kappa shape index (κ3) is 6.08. The van der Waals surface area contributed by atoms with Gasteiger partial charge in [0.1, 0.15) is 6.04 Å². The molecule has 0 bridgehead atoms. The normalized spacial score (nSPS) is 18.4. The minimum Gasteiger partial charge on any atom is -0.466 e. The van der Waals surface area contributed by atoms with Crippen LogP contribution in [0.4, 0.5) is 4.79 Å². The predicted molar refractivity (Wildman–Crippen MR) is 151 cm³/mol. The molecule has 3 amide bonds. The lowest BCUT2D eigenvalue weighted by Gasteiger charge is -2.27. The van der Waals surface area contributed by atoms with Crippen molar-refractivity contribution in [2.24, 2.45) is 10.9 Å². The van der Waals surface area contributed by atoms with Gasteiger partial charge >= 0.3 is 12.0 Å². The average molecular weight is 526 g/mol. The van der Waals surface area contributed by atoms with E-state index in [4.69, 9.17) is 9.73 Å². The Bertz CT molecular complexity index is 1270. The van der Waals surface area contributed by atoms with Crippen LogP contribution in [0.1, 0.15) is 49.9 Å². The van der Waals surface area contributed by atoms with Crippen LogP contribution >= 0.6 is 0 Å². The molecule has 39 heavy (non-hydrogen) atoms. The third-order valence-electron chi connectivity index (χ3n) is 7.16. The first-order chi connectivity index (χ1) is 18.8. The largest absolute Gasteiger partial charge is 0.466 e. The van der Waals surface area contributed by atoms with Crippen LogP contribution in [0.2, 0.25) is 0 Å². The zero-order valence-corrected chi connectivity index (χ0v) is 22.9. The van der Waals surface area contributed by atoms with Gasteiger partial charge in [0, 0.05) is 18.2 Å². The van der Waals surface area contributed by atoms with E-state index in [1.165, 1.54) is 4.90 Å². The van der Waals surface area contributed by atoms with E-state index >= 15 is 0 Å². The van der Waals surface area contributed by atoms with E-state index in [1.807, 2.05) is 97.9 Å². The molecule has 0 aromatic heterocycles. The summed E-state index contributed by atoms with van der Waals surface area (Å²) in [7, 11) is 1.70. The van der Waals surface area contributed by atoms with Crippen molar-refractivity contribution in [1.82, 2.24) is 9.80 Å². The zero-order valence-electron chi connectivity index (χ0n) is 22.9. The zero-order chi connectivity index (χ0) is 27.9. The van der Waals surface area contributed by atoms with Gasteiger partial charge in [-0.2, -0.15) is 0 Å². The van der Waals surface area contributed by atoms with Crippen LogP contribution < -0.4 is 0 Å². The van der Waals surface area contributed by atoms with Crippen molar-refractivity contribution in [2.45, 2.75) is 45.3 Å². The van der Waals surface area contributed by atoms with Crippen LogP contribution in [0.3, 0.4) is 0 Å². The molecule has 0 aliphatic carbocycles. The Morgan fingerprint density at radius 1 is 0.897 bits per heavy atom. The summed E-state index contributed by atoms with van der Waals surface area (Å²) in [6, 6.07) is 26.7. The minimum atomic E-state index is -0.992. The number of amides is 3. The molecule has 4 rings (SSSR count). The highest BCUT2D eigenvalue weighted by molar-refractivity contribution is 6.14. The van der Waals surface area contributed by atoms with E-state index in [0.717, 1.165) is 16.7 Å². The molecule has 7 heteroatoms. The summed E-state index contributed by atoms with van der Waals surface area (Å²) in [6.07, 6.45) is 0.101. The first-order valence-electron chi connectivity index (χ1n) is 13.3. The Morgan fingerprint density at radius 3 is 1.92 bits per heavy atom. The number of carbonyl (C=O) groups is 3. The van der Waals surface area contributed by atoms with E-state index in [2.05, 4.69) is 0 Å². The average Bonchev–Trinajstić information content (AvgIpc) is 3.20. The predicted octanol–water partition coefficient (Wildman–Crippen LogP) is 5.51. The summed E-state index contributed by atoms with van der Waals surface area (Å²) in [6.45, 7) is 5.65. The van der Waals surface area contributed by atoms with Crippen molar-refractivity contribution in [1.29, 1.82) is 0 Å². The number of benzene rings is 3. The van der Waals surface area contributed by atoms with E-state index in [-0.39, 0.29) is 25.1 Å². The number of aliphatic imine (C=N–C) groups is 1. The van der Waals surface area contributed by atoms with Gasteiger partial charge in [-0.3, -0.25) is 19.5 Å². The molecule has 1 unspecified atom stereocenters. The first kappa shape index (κ1) is 27.8. The highest BCUT2D eigenvalue weighted by atomic mass is 16.5. The second kappa shape index (κ2) is 12.5. The van der Waals surface area contributed by atoms with Crippen LogP contribution in [0, 0.1) is 5.92 Å². The van der Waals surface area contributed by atoms with E-state index < -0.39 is 29.9 Å². The third-order valence-corrected chi connectivity index (χ3v) is 7.16. The molecule has 1 heterocycles. The van der Waals surface area contributed by atoms with Gasteiger partial charge < -0.3 is 9.64 Å². The number of likely N-dealkylation sites (N-methyl/N-ethyl adjacent to an activating group) is 1. The number of hydrogen-bond acceptors (Lipinski definition) is 5. The molecule has 0 saturated carbocycles. The number of esters is 1. The second-order valence-corrected chi connectivity index (χ2v) is 9.81. The quantitative estimate of drug-likeness (QED) is 0.273. The molecule has 1 aliphatic heterocycles. The van der Waals surface area contributed by atoms with Gasteiger partial charge in [-0.05, 0) is 25.8 Å². The van der Waals surface area contributed by atoms with Crippen LogP contribution in [0.15, 0.2) is 96.0 Å². The van der Waals surface area contributed by atoms with Crippen molar-refractivity contribution < 1.29 is 19.1 Å². The smallest absolute Gasteiger partial charge is 0.327 e. The molecule has 3 aromatic carbocycles. The maximum absolute atomic E-state index is 14.4. The summed E-state index contributed by atoms with van der Waals surface area (Å²) in [5.41, 5.74) is 3.16. The minimum absolute atomic E-state index is 0.101. The summed E-state index contributed by atoms with van der Waals surface area (Å²) in [5.74, 6) is -1.44. The fourth-order valence-corrected chi connectivity index (χ4v) is 4.95. The molecule has 0 radical (unpaired) electrons. The Balaban J connectivity index is 1.82. The molecular weight excluding hydrogens is 490 g/mol. The van der Waals surface area contributed by atoms with Gasteiger partial charge in [0.15, 0.2) is 0 Å². The molecule has 0 spiro atoms. The maximum atomic E-state index is 14.4. The number of nitrogens with zero attached hydrogens (tertiary/aromatic N) is 3. The number of imide groups is 1. The summed E-state index contributed by atoms with van der Waals surface area (Å²) < 4.78 is 5.24. The fourth-order valence-electron chi connectivity index (χ4n) is 4.95. The highest BCUT2D eigenvalue weighted by Gasteiger charge is 2.47. The van der Waals surface area contributed by atoms with Crippen molar-refractivity contribution in [3.05, 3.63) is 108 Å². The van der Waals surface area contributed by atoms with Gasteiger partial charge in [-0.1, -0.05) is 97.9 Å². The van der Waals surface area contributed by atoms with Crippen molar-refractivity contribution in [2.75, 3.05) is 13.7 Å². The molecule has 4 atom stereocenters. The lowest BCUT2D eigenvalue weighted by Crippen LogP contribution is -2.43. The topological polar surface area (TPSA) is 79.3 Å². The van der Waals surface area contributed by atoms with Crippen LogP contribution in [0.5, 0.6) is 0 Å². The molecule has 1 fully saturated rings. The Hall–Kier alpha value is -4.26. The van der Waals surface area contributed by atoms with Crippen molar-refractivity contribution >= 4 is 23.6 Å². The monoisotopic (exact) mass is 525 g/mol. The highest BCUT2D eigenvalue weighted by Crippen LogP contribution is 2.36. The SMILES string of the molecule is CCOC(=O)C(C)C[C@H](N=C(c1ccccc1)c1ccccc1)C(=O)N1C(=O)N(C)[C@@H](C)[C@H]1c1ccccc1. The number of carbonyl (C=O) groups excluding carboxylic acids is 3. The molecule has 7 nitrogen and oxygen atoms in total. The summed E-state index contributed by atoms with van der Waals surface area (Å²) in [4.78, 5) is 48.4. The van der Waals surface area contributed by atoms with E-state index in [1.54, 1.807) is 25.8 Å². The second-order valence-electron chi connectivity index (χ2n) is 9.81. The molecule has 1 saturated heterocycles. The lowest BCUT2D eigenvalue weighted by molar-refractivity contribution is -0.148. The lowest BCUT2D eigenvalue weighted by atomic mass is 9.96. The number of ether oxygens (including phenoxy) is 1. The first-order valence-corrected chi connectivity index (χ1v) is 13.3. The van der Waals surface area contributed by atoms with Gasteiger partial charge in [-0.15, -0.1) is 0 Å². The fraction of sp³-hybridized carbons (Fsp3) is 0.312. The summed E-state index contributed by atoms with van der Waals surface area (Å²) in [5, 5.41) is 0. The van der Waals surface area contributed by atoms with Crippen molar-refractivity contribution in [3.8, 4) is 0 Å². The van der Waals surface area contributed by atoms with Crippen molar-refractivity contribution in [3.63, 3.8) is 0 Å². The summed E-state index contributed by atoms with van der Waals surface area (Å²) >= 11 is 0.